The molecule has 1 aromatic heterocycles. The van der Waals surface area contributed by atoms with Gasteiger partial charge in [-0.1, -0.05) is 12.1 Å². The summed E-state index contributed by atoms with van der Waals surface area (Å²) >= 11 is 0. The number of quaternary nitrogens is 1. The fraction of sp³-hybridized carbons (Fsp3) is 0.650. The number of nitrogens with zero attached hydrogens (tertiary/aromatic N) is 4. The van der Waals surface area contributed by atoms with E-state index in [0.29, 0.717) is 0 Å². The third kappa shape index (κ3) is 3.59. The van der Waals surface area contributed by atoms with E-state index in [1.807, 2.05) is 0 Å². The van der Waals surface area contributed by atoms with E-state index in [1.54, 1.807) is 0 Å². The fourth-order valence-electron chi connectivity index (χ4n) is 4.54. The molecular formula is C20H31N4O+. The first kappa shape index (κ1) is 17.0. The molecule has 0 atom stereocenters. The van der Waals surface area contributed by atoms with Gasteiger partial charge in [0.25, 0.3) is 0 Å². The lowest BCUT2D eigenvalue weighted by molar-refractivity contribution is -0.920. The highest BCUT2D eigenvalue weighted by molar-refractivity contribution is 5.75. The average Bonchev–Trinajstić information content (AvgIpc) is 3.23. The molecule has 0 amide bonds. The second-order valence-corrected chi connectivity index (χ2v) is 7.58. The maximum Gasteiger partial charge on any atom is 0.124 e. The molecule has 2 aromatic rings. The molecule has 4 rings (SSSR count). The summed E-state index contributed by atoms with van der Waals surface area (Å²) in [6, 6.07) is 8.48. The highest BCUT2D eigenvalue weighted by atomic mass is 16.5. The van der Waals surface area contributed by atoms with Crippen molar-refractivity contribution in [2.24, 2.45) is 0 Å². The van der Waals surface area contributed by atoms with E-state index in [-0.39, 0.29) is 0 Å². The fourth-order valence-corrected chi connectivity index (χ4v) is 4.54. The van der Waals surface area contributed by atoms with Gasteiger partial charge in [-0.3, -0.25) is 4.90 Å². The maximum absolute atomic E-state index is 5.60. The molecule has 0 saturated carbocycles. The number of aromatic nitrogens is 2. The van der Waals surface area contributed by atoms with Crippen molar-refractivity contribution in [1.82, 2.24) is 14.5 Å². The van der Waals surface area contributed by atoms with E-state index in [9.17, 15) is 0 Å². The molecule has 1 spiro atoms. The van der Waals surface area contributed by atoms with E-state index >= 15 is 0 Å². The monoisotopic (exact) mass is 343 g/mol. The molecule has 0 N–H and O–H groups in total. The van der Waals surface area contributed by atoms with Gasteiger partial charge in [0, 0.05) is 39.1 Å². The van der Waals surface area contributed by atoms with Gasteiger partial charge in [0.1, 0.15) is 5.82 Å². The van der Waals surface area contributed by atoms with E-state index in [0.717, 1.165) is 31.8 Å². The number of para-hydroxylation sites is 2. The summed E-state index contributed by atoms with van der Waals surface area (Å²) in [5.74, 6) is 1.19. The van der Waals surface area contributed by atoms with Gasteiger partial charge < -0.3 is 13.8 Å². The molecule has 2 saturated heterocycles. The predicted molar refractivity (Wildman–Crippen MR) is 100 cm³/mol. The van der Waals surface area contributed by atoms with Gasteiger partial charge in [0.05, 0.1) is 50.4 Å². The van der Waals surface area contributed by atoms with E-state index < -0.39 is 0 Å². The Morgan fingerprint density at radius 3 is 2.60 bits per heavy atom. The SMILES string of the molecule is CCOCCn1c(CN2CC[N+]3(CCCC3)CC2)nc2ccccc21. The standard InChI is InChI=1S/C20H31N4O/c1-2-25-16-11-23-19-8-4-3-7-18(19)21-20(23)17-22-9-14-24(15-10-22)12-5-6-13-24/h3-4,7-8H,2,5-6,9-17H2,1H3/q+1. The first-order valence-corrected chi connectivity index (χ1v) is 9.89. The molecule has 2 aliphatic heterocycles. The van der Waals surface area contributed by atoms with Crippen LogP contribution in [0.25, 0.3) is 11.0 Å². The van der Waals surface area contributed by atoms with Crippen molar-refractivity contribution >= 4 is 11.0 Å². The molecule has 0 aliphatic carbocycles. The first-order chi connectivity index (χ1) is 12.3. The van der Waals surface area contributed by atoms with Gasteiger partial charge in [-0.2, -0.15) is 0 Å². The highest BCUT2D eigenvalue weighted by Gasteiger charge is 2.35. The first-order valence-electron chi connectivity index (χ1n) is 9.89. The van der Waals surface area contributed by atoms with Crippen LogP contribution in [0.15, 0.2) is 24.3 Å². The van der Waals surface area contributed by atoms with Gasteiger partial charge in [0.15, 0.2) is 0 Å². The zero-order valence-electron chi connectivity index (χ0n) is 15.5. The Labute approximate surface area is 150 Å². The van der Waals surface area contributed by atoms with E-state index in [4.69, 9.17) is 9.72 Å². The van der Waals surface area contributed by atoms with E-state index in [2.05, 4.69) is 40.7 Å². The molecule has 2 aliphatic rings. The number of piperazine rings is 1. The van der Waals surface area contributed by atoms with Gasteiger partial charge >= 0.3 is 0 Å². The molecule has 136 valence electrons. The topological polar surface area (TPSA) is 30.3 Å². The Morgan fingerprint density at radius 2 is 1.84 bits per heavy atom. The van der Waals surface area contributed by atoms with Crippen molar-refractivity contribution in [3.05, 3.63) is 30.1 Å². The largest absolute Gasteiger partial charge is 0.380 e. The van der Waals surface area contributed by atoms with Crippen molar-refractivity contribution < 1.29 is 9.22 Å². The number of imidazole rings is 1. The number of benzene rings is 1. The third-order valence-electron chi connectivity index (χ3n) is 6.06. The average molecular weight is 343 g/mol. The Morgan fingerprint density at radius 1 is 1.08 bits per heavy atom. The summed E-state index contributed by atoms with van der Waals surface area (Å²) in [6.45, 7) is 13.3. The summed E-state index contributed by atoms with van der Waals surface area (Å²) < 4.78 is 9.33. The Kier molecular flexibility index (Phi) is 5.06. The lowest BCUT2D eigenvalue weighted by atomic mass is 10.2. The second-order valence-electron chi connectivity index (χ2n) is 7.58. The van der Waals surface area contributed by atoms with Crippen LogP contribution in [0.3, 0.4) is 0 Å². The molecule has 0 unspecified atom stereocenters. The molecule has 0 bridgehead atoms. The Hall–Kier alpha value is -1.43. The number of hydrogen-bond donors (Lipinski definition) is 0. The minimum atomic E-state index is 0.754. The van der Waals surface area contributed by atoms with Crippen molar-refractivity contribution in [3.8, 4) is 0 Å². The zero-order chi connectivity index (χ0) is 17.1. The van der Waals surface area contributed by atoms with Crippen molar-refractivity contribution in [3.63, 3.8) is 0 Å². The summed E-state index contributed by atoms with van der Waals surface area (Å²) in [7, 11) is 0. The molecule has 5 heteroatoms. The van der Waals surface area contributed by atoms with Crippen LogP contribution in [0, 0.1) is 0 Å². The molecule has 5 nitrogen and oxygen atoms in total. The van der Waals surface area contributed by atoms with Crippen molar-refractivity contribution in [1.29, 1.82) is 0 Å². The quantitative estimate of drug-likeness (QED) is 0.596. The lowest BCUT2D eigenvalue weighted by Gasteiger charge is -2.41. The van der Waals surface area contributed by atoms with Crippen LogP contribution < -0.4 is 0 Å². The number of ether oxygens (including phenoxy) is 1. The van der Waals surface area contributed by atoms with Crippen LogP contribution in [0.5, 0.6) is 0 Å². The Balaban J connectivity index is 1.48. The molecule has 0 radical (unpaired) electrons. The van der Waals surface area contributed by atoms with Crippen molar-refractivity contribution in [2.45, 2.75) is 32.9 Å². The molecular weight excluding hydrogens is 312 g/mol. The third-order valence-corrected chi connectivity index (χ3v) is 6.06. The van der Waals surface area contributed by atoms with Gasteiger partial charge in [-0.05, 0) is 19.1 Å². The molecule has 1 aromatic carbocycles. The highest BCUT2D eigenvalue weighted by Crippen LogP contribution is 2.23. The van der Waals surface area contributed by atoms with Gasteiger partial charge in [-0.15, -0.1) is 0 Å². The van der Waals surface area contributed by atoms with Crippen LogP contribution in [0.4, 0.5) is 0 Å². The minimum Gasteiger partial charge on any atom is -0.380 e. The van der Waals surface area contributed by atoms with Crippen LogP contribution in [-0.2, 0) is 17.8 Å². The van der Waals surface area contributed by atoms with Crippen LogP contribution in [-0.4, -0.2) is 71.4 Å². The predicted octanol–water partition coefficient (Wildman–Crippen LogP) is 2.50. The molecule has 25 heavy (non-hydrogen) atoms. The van der Waals surface area contributed by atoms with Gasteiger partial charge in [-0.25, -0.2) is 4.98 Å². The van der Waals surface area contributed by atoms with Crippen molar-refractivity contribution in [2.75, 3.05) is 52.5 Å². The van der Waals surface area contributed by atoms with E-state index in [1.165, 1.54) is 67.9 Å². The maximum atomic E-state index is 5.60. The minimum absolute atomic E-state index is 0.754. The normalized spacial score (nSPS) is 20.7. The summed E-state index contributed by atoms with van der Waals surface area (Å²) in [4.78, 5) is 7.53. The summed E-state index contributed by atoms with van der Waals surface area (Å²) in [6.07, 6.45) is 2.85. The van der Waals surface area contributed by atoms with Crippen LogP contribution in [0.1, 0.15) is 25.6 Å². The van der Waals surface area contributed by atoms with Crippen LogP contribution in [0.2, 0.25) is 0 Å². The van der Waals surface area contributed by atoms with Crippen LogP contribution >= 0.6 is 0 Å². The summed E-state index contributed by atoms with van der Waals surface area (Å²) in [5.41, 5.74) is 2.34. The smallest absolute Gasteiger partial charge is 0.124 e. The lowest BCUT2D eigenvalue weighted by Crippen LogP contribution is -2.57. The van der Waals surface area contributed by atoms with Gasteiger partial charge in [0.2, 0.25) is 0 Å². The molecule has 3 heterocycles. The molecule has 2 fully saturated rings. The number of hydrogen-bond acceptors (Lipinski definition) is 3. The second kappa shape index (κ2) is 7.44. The summed E-state index contributed by atoms with van der Waals surface area (Å²) in [5, 5.41) is 0. The zero-order valence-corrected chi connectivity index (χ0v) is 15.5. The Bertz CT molecular complexity index is 695. The number of rotatable bonds is 6. The number of fused-ring (bicyclic) bond motifs is 1.